The predicted molar refractivity (Wildman–Crippen MR) is 101 cm³/mol. The van der Waals surface area contributed by atoms with Gasteiger partial charge in [0.1, 0.15) is 0 Å². The van der Waals surface area contributed by atoms with Gasteiger partial charge in [-0.05, 0) is 30.5 Å². The molecule has 0 bridgehead atoms. The number of benzene rings is 1. The van der Waals surface area contributed by atoms with Crippen molar-refractivity contribution >= 4 is 29.8 Å². The topological polar surface area (TPSA) is 123 Å². The average molecular weight is 427 g/mol. The van der Waals surface area contributed by atoms with Gasteiger partial charge in [-0.25, -0.2) is 16.8 Å². The van der Waals surface area contributed by atoms with Gasteiger partial charge >= 0.3 is 0 Å². The van der Waals surface area contributed by atoms with Crippen LogP contribution in [0.5, 0.6) is 0 Å². The Hall–Kier alpha value is -0.970. The lowest BCUT2D eigenvalue weighted by Crippen LogP contribution is -2.31. The summed E-state index contributed by atoms with van der Waals surface area (Å²) in [6, 6.07) is 4.93. The summed E-state index contributed by atoms with van der Waals surface area (Å²) in [6.45, 7) is 3.57. The van der Waals surface area contributed by atoms with E-state index in [4.69, 9.17) is 4.55 Å². The van der Waals surface area contributed by atoms with Crippen molar-refractivity contribution in [3.05, 3.63) is 29.8 Å². The van der Waals surface area contributed by atoms with Crippen molar-refractivity contribution in [2.45, 2.75) is 54.9 Å². The minimum Gasteiger partial charge on any atom is -0.282 e. The quantitative estimate of drug-likeness (QED) is 0.570. The minimum absolute atomic E-state index is 0.220. The molecule has 1 rings (SSSR count). The highest BCUT2D eigenvalue weighted by Crippen LogP contribution is 2.29. The molecule has 0 saturated carbocycles. The van der Waals surface area contributed by atoms with Gasteiger partial charge < -0.3 is 0 Å². The van der Waals surface area contributed by atoms with E-state index in [1.165, 1.54) is 12.1 Å². The summed E-state index contributed by atoms with van der Waals surface area (Å²) >= 11 is 0. The number of hydrogen-bond donors (Lipinski definition) is 1. The van der Waals surface area contributed by atoms with E-state index in [1.54, 1.807) is 6.92 Å². The molecule has 0 heterocycles. The Kier molecular flexibility index (Phi) is 7.82. The van der Waals surface area contributed by atoms with Crippen molar-refractivity contribution in [1.29, 1.82) is 0 Å². The number of sulfone groups is 2. The van der Waals surface area contributed by atoms with Crippen molar-refractivity contribution < 1.29 is 29.8 Å². The Morgan fingerprint density at radius 2 is 1.50 bits per heavy atom. The highest BCUT2D eigenvalue weighted by atomic mass is 32.2. The number of unbranched alkanes of at least 4 members (excludes halogenated alkanes) is 1. The molecule has 0 spiro atoms. The molecule has 0 saturated heterocycles. The third-order valence-electron chi connectivity index (χ3n) is 4.26. The molecule has 0 aromatic heterocycles. The van der Waals surface area contributed by atoms with Gasteiger partial charge in [-0.15, -0.1) is 0 Å². The molecule has 26 heavy (non-hydrogen) atoms. The van der Waals surface area contributed by atoms with Crippen LogP contribution in [-0.2, 0) is 29.8 Å². The fourth-order valence-corrected chi connectivity index (χ4v) is 7.41. The lowest BCUT2D eigenvalue weighted by molar-refractivity contribution is 0.483. The monoisotopic (exact) mass is 426 g/mol. The molecule has 1 aromatic rings. The van der Waals surface area contributed by atoms with E-state index in [0.29, 0.717) is 12.0 Å². The van der Waals surface area contributed by atoms with Crippen LogP contribution in [0.15, 0.2) is 29.2 Å². The zero-order valence-electron chi connectivity index (χ0n) is 15.1. The molecular formula is C16H26O7S3. The van der Waals surface area contributed by atoms with Crippen LogP contribution in [0.2, 0.25) is 0 Å². The van der Waals surface area contributed by atoms with Crippen LogP contribution in [0, 0.1) is 0 Å². The Morgan fingerprint density at radius 3 is 1.88 bits per heavy atom. The summed E-state index contributed by atoms with van der Waals surface area (Å²) in [6.07, 6.45) is 2.93. The summed E-state index contributed by atoms with van der Waals surface area (Å²) in [7, 11) is -11.7. The summed E-state index contributed by atoms with van der Waals surface area (Å²) < 4.78 is 80.8. The Labute approximate surface area is 156 Å². The van der Waals surface area contributed by atoms with E-state index >= 15 is 0 Å². The first-order valence-corrected chi connectivity index (χ1v) is 13.4. The van der Waals surface area contributed by atoms with Gasteiger partial charge in [-0.3, -0.25) is 4.55 Å². The van der Waals surface area contributed by atoms with Gasteiger partial charge in [0.15, 0.2) is 19.7 Å². The van der Waals surface area contributed by atoms with Crippen molar-refractivity contribution in [3.8, 4) is 0 Å². The first-order chi connectivity index (χ1) is 11.8. The van der Waals surface area contributed by atoms with Gasteiger partial charge in [0.2, 0.25) is 0 Å². The van der Waals surface area contributed by atoms with Gasteiger partial charge in [-0.2, -0.15) is 8.42 Å². The highest BCUT2D eigenvalue weighted by Gasteiger charge is 2.33. The first-order valence-electron chi connectivity index (χ1n) is 8.30. The maximum atomic E-state index is 12.8. The second-order valence-electron chi connectivity index (χ2n) is 6.36. The first kappa shape index (κ1) is 23.1. The lowest BCUT2D eigenvalue weighted by Gasteiger charge is -2.21. The molecule has 0 fully saturated rings. The molecule has 0 aliphatic heterocycles. The predicted octanol–water partition coefficient (Wildman–Crippen LogP) is 2.40. The van der Waals surface area contributed by atoms with Gasteiger partial charge in [0.25, 0.3) is 10.1 Å². The molecule has 2 atom stereocenters. The molecule has 0 radical (unpaired) electrons. The summed E-state index contributed by atoms with van der Waals surface area (Å²) in [5.74, 6) is -0.468. The van der Waals surface area contributed by atoms with Crippen molar-refractivity contribution in [1.82, 2.24) is 0 Å². The lowest BCUT2D eigenvalue weighted by atomic mass is 10.1. The van der Waals surface area contributed by atoms with E-state index in [1.807, 2.05) is 6.92 Å². The fraction of sp³-hybridized carbons (Fsp3) is 0.625. The van der Waals surface area contributed by atoms with Crippen molar-refractivity contribution in [3.63, 3.8) is 0 Å². The molecule has 0 aliphatic carbocycles. The SMILES string of the molecule is CCCCC(CS(=O)(=O)C(CC)c1ccc(S(=O)(=O)O)cc1)S(C)(=O)=O. The second kappa shape index (κ2) is 8.81. The number of hydrogen-bond acceptors (Lipinski definition) is 6. The zero-order chi connectivity index (χ0) is 20.2. The molecule has 1 aromatic carbocycles. The van der Waals surface area contributed by atoms with E-state index in [2.05, 4.69) is 0 Å². The molecule has 0 aliphatic rings. The smallest absolute Gasteiger partial charge is 0.282 e. The van der Waals surface area contributed by atoms with Crippen LogP contribution in [0.25, 0.3) is 0 Å². The van der Waals surface area contributed by atoms with Crippen LogP contribution in [-0.4, -0.2) is 47.1 Å². The van der Waals surface area contributed by atoms with Gasteiger partial charge in [0, 0.05) is 6.26 Å². The molecule has 150 valence electrons. The second-order valence-corrected chi connectivity index (χ2v) is 12.3. The van der Waals surface area contributed by atoms with Crippen molar-refractivity contribution in [2.24, 2.45) is 0 Å². The van der Waals surface area contributed by atoms with Crippen LogP contribution in [0.3, 0.4) is 0 Å². The fourth-order valence-electron chi connectivity index (χ4n) is 2.78. The van der Waals surface area contributed by atoms with Crippen LogP contribution in [0.1, 0.15) is 50.3 Å². The Morgan fingerprint density at radius 1 is 0.962 bits per heavy atom. The van der Waals surface area contributed by atoms with Gasteiger partial charge in [-0.1, -0.05) is 38.8 Å². The van der Waals surface area contributed by atoms with Crippen LogP contribution < -0.4 is 0 Å². The molecule has 7 nitrogen and oxygen atoms in total. The van der Waals surface area contributed by atoms with E-state index in [-0.39, 0.29) is 17.7 Å². The van der Waals surface area contributed by atoms with E-state index < -0.39 is 46.0 Å². The molecular weight excluding hydrogens is 400 g/mol. The molecule has 10 heteroatoms. The standard InChI is InChI=1S/C16H26O7S3/c1-4-6-7-15(24(3,17)18)12-25(19,20)16(5-2)13-8-10-14(11-9-13)26(21,22)23/h8-11,15-16H,4-7,12H2,1-3H3,(H,21,22,23). The maximum Gasteiger partial charge on any atom is 0.294 e. The Balaban J connectivity index is 3.17. The summed E-state index contributed by atoms with van der Waals surface area (Å²) in [4.78, 5) is -0.328. The van der Waals surface area contributed by atoms with Crippen molar-refractivity contribution in [2.75, 3.05) is 12.0 Å². The summed E-state index contributed by atoms with van der Waals surface area (Å²) in [5, 5.41) is -1.90. The third kappa shape index (κ3) is 6.33. The van der Waals surface area contributed by atoms with Gasteiger partial charge in [0.05, 0.1) is 21.1 Å². The highest BCUT2D eigenvalue weighted by molar-refractivity contribution is 7.95. The average Bonchev–Trinajstić information content (AvgIpc) is 2.50. The van der Waals surface area contributed by atoms with Crippen LogP contribution in [0.4, 0.5) is 0 Å². The Bertz CT molecular complexity index is 899. The van der Waals surface area contributed by atoms with E-state index in [0.717, 1.165) is 24.8 Å². The maximum absolute atomic E-state index is 12.8. The van der Waals surface area contributed by atoms with E-state index in [9.17, 15) is 25.3 Å². The molecule has 2 unspecified atom stereocenters. The largest absolute Gasteiger partial charge is 0.294 e. The minimum atomic E-state index is -4.36. The molecule has 0 amide bonds. The summed E-state index contributed by atoms with van der Waals surface area (Å²) in [5.41, 5.74) is 0.364. The zero-order valence-corrected chi connectivity index (χ0v) is 17.6. The van der Waals surface area contributed by atoms with Crippen LogP contribution >= 0.6 is 0 Å². The third-order valence-corrected chi connectivity index (χ3v) is 9.29. The normalized spacial score (nSPS) is 15.5. The number of rotatable bonds is 10. The molecule has 1 N–H and O–H groups in total.